The average Bonchev–Trinajstić information content (AvgIpc) is 2.38. The predicted octanol–water partition coefficient (Wildman–Crippen LogP) is 2.96. The molecule has 13 heavy (non-hydrogen) atoms. The molecule has 1 aliphatic carbocycles. The lowest BCUT2D eigenvalue weighted by Crippen LogP contribution is -2.04. The molecule has 1 aromatic carbocycles. The number of rotatable bonds is 0. The van der Waals surface area contributed by atoms with Crippen LogP contribution in [-0.4, -0.2) is 5.78 Å². The third-order valence-electron chi connectivity index (χ3n) is 2.41. The van der Waals surface area contributed by atoms with E-state index in [-0.39, 0.29) is 17.3 Å². The van der Waals surface area contributed by atoms with Gasteiger partial charge in [0, 0.05) is 10.4 Å². The maximum Gasteiger partial charge on any atom is 0.169 e. The molecule has 0 heterocycles. The zero-order valence-electron chi connectivity index (χ0n) is 7.10. The van der Waals surface area contributed by atoms with Crippen molar-refractivity contribution < 1.29 is 9.18 Å². The summed E-state index contributed by atoms with van der Waals surface area (Å²) in [7, 11) is 0. The van der Waals surface area contributed by atoms with E-state index in [9.17, 15) is 9.18 Å². The summed E-state index contributed by atoms with van der Waals surface area (Å²) in [6.45, 7) is 1.83. The van der Waals surface area contributed by atoms with Crippen LogP contribution in [0.5, 0.6) is 0 Å². The number of Topliss-reactive ketones (excluding diaryl/α,β-unsaturated/α-hetero) is 1. The molecular weight excluding hydrogens is 235 g/mol. The maximum atomic E-state index is 13.3. The summed E-state index contributed by atoms with van der Waals surface area (Å²) in [6.07, 6.45) is 0.645. The SMILES string of the molecule is C[C@H]1Cc2c(Br)ccc(F)c2C1=O. The van der Waals surface area contributed by atoms with Crippen molar-refractivity contribution in [2.45, 2.75) is 13.3 Å². The van der Waals surface area contributed by atoms with E-state index in [2.05, 4.69) is 15.9 Å². The fraction of sp³-hybridized carbons (Fsp3) is 0.300. The lowest BCUT2D eigenvalue weighted by molar-refractivity contribution is 0.0943. The third-order valence-corrected chi connectivity index (χ3v) is 3.15. The Morgan fingerprint density at radius 3 is 2.85 bits per heavy atom. The minimum Gasteiger partial charge on any atom is -0.294 e. The van der Waals surface area contributed by atoms with Gasteiger partial charge in [-0.3, -0.25) is 4.79 Å². The Balaban J connectivity index is 2.68. The van der Waals surface area contributed by atoms with Gasteiger partial charge < -0.3 is 0 Å². The van der Waals surface area contributed by atoms with Gasteiger partial charge in [-0.1, -0.05) is 22.9 Å². The van der Waals surface area contributed by atoms with Crippen LogP contribution < -0.4 is 0 Å². The van der Waals surface area contributed by atoms with Crippen molar-refractivity contribution in [3.63, 3.8) is 0 Å². The Kier molecular flexibility index (Phi) is 1.99. The molecule has 0 aliphatic heterocycles. The zero-order chi connectivity index (χ0) is 9.59. The second-order valence-electron chi connectivity index (χ2n) is 3.35. The van der Waals surface area contributed by atoms with Gasteiger partial charge in [-0.15, -0.1) is 0 Å². The topological polar surface area (TPSA) is 17.1 Å². The second kappa shape index (κ2) is 2.91. The molecule has 1 atom stereocenters. The van der Waals surface area contributed by atoms with Crippen molar-refractivity contribution in [3.05, 3.63) is 33.5 Å². The van der Waals surface area contributed by atoms with Crippen molar-refractivity contribution in [2.24, 2.45) is 5.92 Å². The lowest BCUT2D eigenvalue weighted by Gasteiger charge is -2.00. The zero-order valence-corrected chi connectivity index (χ0v) is 8.69. The molecule has 1 aromatic rings. The van der Waals surface area contributed by atoms with Crippen LogP contribution in [0, 0.1) is 11.7 Å². The highest BCUT2D eigenvalue weighted by Crippen LogP contribution is 2.33. The fourth-order valence-corrected chi connectivity index (χ4v) is 2.20. The molecule has 0 aromatic heterocycles. The van der Waals surface area contributed by atoms with Gasteiger partial charge in [-0.2, -0.15) is 0 Å². The number of halogens is 2. The molecule has 0 saturated heterocycles. The molecule has 1 nitrogen and oxygen atoms in total. The predicted molar refractivity (Wildman–Crippen MR) is 51.3 cm³/mol. The minimum atomic E-state index is -0.396. The quantitative estimate of drug-likeness (QED) is 0.684. The van der Waals surface area contributed by atoms with Crippen LogP contribution in [-0.2, 0) is 6.42 Å². The number of carbonyl (C=O) groups is 1. The van der Waals surface area contributed by atoms with Crippen LogP contribution in [0.2, 0.25) is 0 Å². The monoisotopic (exact) mass is 242 g/mol. The van der Waals surface area contributed by atoms with E-state index >= 15 is 0 Å². The first-order chi connectivity index (χ1) is 6.11. The smallest absolute Gasteiger partial charge is 0.169 e. The molecule has 0 fully saturated rings. The number of hydrogen-bond acceptors (Lipinski definition) is 1. The summed E-state index contributed by atoms with van der Waals surface area (Å²) in [6, 6.07) is 2.98. The Morgan fingerprint density at radius 1 is 1.54 bits per heavy atom. The molecule has 1 aliphatic rings. The summed E-state index contributed by atoms with van der Waals surface area (Å²) in [5.41, 5.74) is 1.10. The largest absolute Gasteiger partial charge is 0.294 e. The molecule has 2 rings (SSSR count). The lowest BCUT2D eigenvalue weighted by atomic mass is 10.1. The highest BCUT2D eigenvalue weighted by molar-refractivity contribution is 9.10. The molecule has 0 N–H and O–H groups in total. The first-order valence-corrected chi connectivity index (χ1v) is 4.91. The molecular formula is C10H8BrFO. The van der Waals surface area contributed by atoms with Crippen molar-refractivity contribution in [1.29, 1.82) is 0 Å². The summed E-state index contributed by atoms with van der Waals surface area (Å²) >= 11 is 3.32. The second-order valence-corrected chi connectivity index (χ2v) is 4.21. The molecule has 3 heteroatoms. The number of benzene rings is 1. The Labute approximate surface area is 84.1 Å². The van der Waals surface area contributed by atoms with E-state index in [1.54, 1.807) is 6.07 Å². The van der Waals surface area contributed by atoms with E-state index in [0.717, 1.165) is 10.0 Å². The third kappa shape index (κ3) is 1.22. The van der Waals surface area contributed by atoms with Crippen LogP contribution >= 0.6 is 15.9 Å². The van der Waals surface area contributed by atoms with E-state index in [4.69, 9.17) is 0 Å². The standard InChI is InChI=1S/C10H8BrFO/c1-5-4-6-7(11)2-3-8(12)9(6)10(5)13/h2-3,5H,4H2,1H3/t5-/m0/s1. The van der Waals surface area contributed by atoms with Crippen molar-refractivity contribution in [2.75, 3.05) is 0 Å². The van der Waals surface area contributed by atoms with Gasteiger partial charge >= 0.3 is 0 Å². The van der Waals surface area contributed by atoms with Crippen LogP contribution in [0.1, 0.15) is 22.8 Å². The molecule has 0 unspecified atom stereocenters. The first kappa shape index (κ1) is 8.88. The van der Waals surface area contributed by atoms with E-state index in [1.165, 1.54) is 6.07 Å². The van der Waals surface area contributed by atoms with E-state index in [0.29, 0.717) is 6.42 Å². The molecule has 0 radical (unpaired) electrons. The van der Waals surface area contributed by atoms with Crippen LogP contribution in [0.3, 0.4) is 0 Å². The minimum absolute atomic E-state index is 0.0752. The molecule has 68 valence electrons. The Bertz CT molecular complexity index is 387. The summed E-state index contributed by atoms with van der Waals surface area (Å²) < 4.78 is 14.1. The van der Waals surface area contributed by atoms with Crippen LogP contribution in [0.4, 0.5) is 4.39 Å². The first-order valence-electron chi connectivity index (χ1n) is 4.12. The van der Waals surface area contributed by atoms with Gasteiger partial charge in [0.15, 0.2) is 5.78 Å². The molecule has 0 bridgehead atoms. The number of fused-ring (bicyclic) bond motifs is 1. The van der Waals surface area contributed by atoms with E-state index < -0.39 is 5.82 Å². The number of carbonyl (C=O) groups excluding carboxylic acids is 1. The van der Waals surface area contributed by atoms with Crippen LogP contribution in [0.25, 0.3) is 0 Å². The van der Waals surface area contributed by atoms with Crippen molar-refractivity contribution in [1.82, 2.24) is 0 Å². The average molecular weight is 243 g/mol. The number of ketones is 1. The molecule has 0 spiro atoms. The van der Waals surface area contributed by atoms with Gasteiger partial charge in [-0.05, 0) is 24.1 Å². The molecule has 0 amide bonds. The van der Waals surface area contributed by atoms with Gasteiger partial charge in [0.05, 0.1) is 5.56 Å². The highest BCUT2D eigenvalue weighted by Gasteiger charge is 2.31. The molecule has 0 saturated carbocycles. The number of hydrogen-bond donors (Lipinski definition) is 0. The normalized spacial score (nSPS) is 20.5. The van der Waals surface area contributed by atoms with E-state index in [1.807, 2.05) is 6.92 Å². The van der Waals surface area contributed by atoms with Gasteiger partial charge in [-0.25, -0.2) is 4.39 Å². The summed E-state index contributed by atoms with van der Waals surface area (Å²) in [5, 5.41) is 0. The fourth-order valence-electron chi connectivity index (χ4n) is 1.71. The highest BCUT2D eigenvalue weighted by atomic mass is 79.9. The van der Waals surface area contributed by atoms with Crippen molar-refractivity contribution >= 4 is 21.7 Å². The van der Waals surface area contributed by atoms with Gasteiger partial charge in [0.1, 0.15) is 5.82 Å². The Morgan fingerprint density at radius 2 is 2.23 bits per heavy atom. The van der Waals surface area contributed by atoms with Crippen LogP contribution in [0.15, 0.2) is 16.6 Å². The van der Waals surface area contributed by atoms with Gasteiger partial charge in [0.2, 0.25) is 0 Å². The summed E-state index contributed by atoms with van der Waals surface area (Å²) in [4.78, 5) is 11.5. The summed E-state index contributed by atoms with van der Waals surface area (Å²) in [5.74, 6) is -0.551. The Hall–Kier alpha value is -0.700. The maximum absolute atomic E-state index is 13.3. The van der Waals surface area contributed by atoms with Crippen molar-refractivity contribution in [3.8, 4) is 0 Å². The van der Waals surface area contributed by atoms with Gasteiger partial charge in [0.25, 0.3) is 0 Å².